The zero-order chi connectivity index (χ0) is 14.9. The van der Waals surface area contributed by atoms with Crippen molar-refractivity contribution >= 4 is 11.9 Å². The van der Waals surface area contributed by atoms with Gasteiger partial charge in [0.15, 0.2) is 17.6 Å². The number of cyclic esters (lactones) is 2. The molecule has 0 saturated heterocycles. The van der Waals surface area contributed by atoms with Gasteiger partial charge in [0.25, 0.3) is 0 Å². The molecular formula is C13H14O7. The maximum atomic E-state index is 11.9. The van der Waals surface area contributed by atoms with Gasteiger partial charge in [-0.05, 0) is 0 Å². The van der Waals surface area contributed by atoms with Gasteiger partial charge >= 0.3 is 11.9 Å². The zero-order valence-corrected chi connectivity index (χ0v) is 11.5. The topological polar surface area (TPSA) is 80.3 Å². The van der Waals surface area contributed by atoms with Gasteiger partial charge in [-0.2, -0.15) is 0 Å². The molecule has 0 radical (unpaired) electrons. The van der Waals surface area contributed by atoms with Crippen molar-refractivity contribution in [2.75, 3.05) is 28.4 Å². The van der Waals surface area contributed by atoms with Crippen LogP contribution in [0, 0.1) is 0 Å². The number of ether oxygens (including phenoxy) is 5. The maximum absolute atomic E-state index is 11.9. The third-order valence-electron chi connectivity index (χ3n) is 3.00. The Kier molecular flexibility index (Phi) is 3.80. The Morgan fingerprint density at radius 3 is 2.15 bits per heavy atom. The lowest BCUT2D eigenvalue weighted by Crippen LogP contribution is -2.30. The van der Waals surface area contributed by atoms with E-state index in [1.54, 1.807) is 0 Å². The van der Waals surface area contributed by atoms with E-state index in [0.717, 1.165) is 0 Å². The molecule has 1 aliphatic rings. The first-order valence-corrected chi connectivity index (χ1v) is 5.70. The average molecular weight is 282 g/mol. The van der Waals surface area contributed by atoms with Gasteiger partial charge in [0.1, 0.15) is 11.3 Å². The number of esters is 2. The molecule has 7 heteroatoms. The number of rotatable bonds is 4. The van der Waals surface area contributed by atoms with Crippen LogP contribution in [0.4, 0.5) is 0 Å². The van der Waals surface area contributed by atoms with Crippen molar-refractivity contribution in [1.82, 2.24) is 0 Å². The third-order valence-corrected chi connectivity index (χ3v) is 3.00. The van der Waals surface area contributed by atoms with Crippen LogP contribution >= 0.6 is 0 Å². The van der Waals surface area contributed by atoms with Crippen LogP contribution in [0.25, 0.3) is 0 Å². The highest BCUT2D eigenvalue weighted by Crippen LogP contribution is 2.46. The molecule has 20 heavy (non-hydrogen) atoms. The Balaban J connectivity index is 2.82. The highest BCUT2D eigenvalue weighted by Gasteiger charge is 2.41. The molecule has 0 amide bonds. The predicted octanol–water partition coefficient (Wildman–Crippen LogP) is 1.10. The molecule has 1 atom stereocenters. The summed E-state index contributed by atoms with van der Waals surface area (Å²) in [6.45, 7) is 0. The summed E-state index contributed by atoms with van der Waals surface area (Å²) in [5, 5.41) is 0. The SMILES string of the molecule is COc1cc(OC)c2c(c1OC)C(OC)C(=O)OC2=O. The third kappa shape index (κ3) is 1.96. The number of carbonyl (C=O) groups is 2. The normalized spacial score (nSPS) is 17.3. The summed E-state index contributed by atoms with van der Waals surface area (Å²) >= 11 is 0. The van der Waals surface area contributed by atoms with Gasteiger partial charge in [0.05, 0.1) is 26.9 Å². The molecule has 1 aromatic carbocycles. The predicted molar refractivity (Wildman–Crippen MR) is 66.3 cm³/mol. The standard InChI is InChI=1S/C13H14O7/c1-16-6-5-7(17-2)10(18-3)9-8(6)12(14)20-13(15)11(9)19-4/h5,11H,1-4H3. The molecule has 0 aliphatic carbocycles. The highest BCUT2D eigenvalue weighted by atomic mass is 16.6. The van der Waals surface area contributed by atoms with E-state index in [4.69, 9.17) is 18.9 Å². The number of carbonyl (C=O) groups excluding carboxylic acids is 2. The van der Waals surface area contributed by atoms with Gasteiger partial charge in [0, 0.05) is 13.2 Å². The number of methoxy groups -OCH3 is 4. The summed E-state index contributed by atoms with van der Waals surface area (Å²) in [6, 6.07) is 1.49. The molecule has 0 N–H and O–H groups in total. The minimum atomic E-state index is -1.08. The molecule has 1 aromatic rings. The van der Waals surface area contributed by atoms with Crippen LogP contribution in [-0.2, 0) is 14.3 Å². The van der Waals surface area contributed by atoms with Crippen molar-refractivity contribution in [3.05, 3.63) is 17.2 Å². The van der Waals surface area contributed by atoms with Gasteiger partial charge in [-0.25, -0.2) is 9.59 Å². The molecule has 0 spiro atoms. The van der Waals surface area contributed by atoms with Gasteiger partial charge in [-0.15, -0.1) is 0 Å². The number of hydrogen-bond donors (Lipinski definition) is 0. The summed E-state index contributed by atoms with van der Waals surface area (Å²) in [6.07, 6.45) is -1.08. The lowest BCUT2D eigenvalue weighted by atomic mass is 9.97. The van der Waals surface area contributed by atoms with E-state index in [1.807, 2.05) is 0 Å². The Hall–Kier alpha value is -2.28. The van der Waals surface area contributed by atoms with Gasteiger partial charge in [0.2, 0.25) is 0 Å². The van der Waals surface area contributed by atoms with Crippen molar-refractivity contribution in [2.45, 2.75) is 6.10 Å². The largest absolute Gasteiger partial charge is 0.496 e. The Bertz CT molecular complexity index is 564. The second kappa shape index (κ2) is 5.38. The van der Waals surface area contributed by atoms with Crippen LogP contribution in [0.1, 0.15) is 22.0 Å². The molecule has 0 saturated carbocycles. The first kappa shape index (κ1) is 14.1. The van der Waals surface area contributed by atoms with E-state index in [9.17, 15) is 9.59 Å². The second-order valence-electron chi connectivity index (χ2n) is 3.93. The first-order chi connectivity index (χ1) is 9.58. The van der Waals surface area contributed by atoms with E-state index in [1.165, 1.54) is 34.5 Å². The van der Waals surface area contributed by atoms with E-state index >= 15 is 0 Å². The van der Waals surface area contributed by atoms with Gasteiger partial charge in [-0.3, -0.25) is 0 Å². The fraction of sp³-hybridized carbons (Fsp3) is 0.385. The summed E-state index contributed by atoms with van der Waals surface area (Å²) < 4.78 is 25.3. The van der Waals surface area contributed by atoms with E-state index < -0.39 is 18.0 Å². The molecule has 1 unspecified atom stereocenters. The zero-order valence-electron chi connectivity index (χ0n) is 11.5. The molecule has 0 aromatic heterocycles. The molecule has 1 aliphatic heterocycles. The maximum Gasteiger partial charge on any atom is 0.350 e. The summed E-state index contributed by atoms with van der Waals surface area (Å²) in [5.41, 5.74) is 0.337. The molecule has 0 fully saturated rings. The smallest absolute Gasteiger partial charge is 0.350 e. The average Bonchev–Trinajstić information content (AvgIpc) is 2.45. The van der Waals surface area contributed by atoms with Crippen molar-refractivity contribution in [1.29, 1.82) is 0 Å². The van der Waals surface area contributed by atoms with Crippen molar-refractivity contribution < 1.29 is 33.3 Å². The number of hydrogen-bond acceptors (Lipinski definition) is 7. The summed E-state index contributed by atoms with van der Waals surface area (Å²) in [7, 11) is 5.57. The van der Waals surface area contributed by atoms with Crippen molar-refractivity contribution in [2.24, 2.45) is 0 Å². The van der Waals surface area contributed by atoms with Crippen LogP contribution in [0.2, 0.25) is 0 Å². The summed E-state index contributed by atoms with van der Waals surface area (Å²) in [4.78, 5) is 23.7. The number of fused-ring (bicyclic) bond motifs is 1. The molecule has 1 heterocycles. The van der Waals surface area contributed by atoms with Crippen LogP contribution in [-0.4, -0.2) is 40.4 Å². The number of benzene rings is 1. The molecule has 7 nitrogen and oxygen atoms in total. The van der Waals surface area contributed by atoms with E-state index in [0.29, 0.717) is 5.75 Å². The highest BCUT2D eigenvalue weighted by molar-refractivity contribution is 6.06. The quantitative estimate of drug-likeness (QED) is 0.604. The monoisotopic (exact) mass is 282 g/mol. The van der Waals surface area contributed by atoms with E-state index in [-0.39, 0.29) is 22.6 Å². The summed E-state index contributed by atoms with van der Waals surface area (Å²) in [5.74, 6) is -0.834. The van der Waals surface area contributed by atoms with Crippen molar-refractivity contribution in [3.63, 3.8) is 0 Å². The molecular weight excluding hydrogens is 268 g/mol. The van der Waals surface area contributed by atoms with Crippen LogP contribution in [0.15, 0.2) is 6.07 Å². The lowest BCUT2D eigenvalue weighted by molar-refractivity contribution is -0.151. The fourth-order valence-electron chi connectivity index (χ4n) is 2.15. The van der Waals surface area contributed by atoms with Crippen LogP contribution < -0.4 is 14.2 Å². The van der Waals surface area contributed by atoms with Gasteiger partial charge in [-0.1, -0.05) is 0 Å². The van der Waals surface area contributed by atoms with Gasteiger partial charge < -0.3 is 23.7 Å². The molecule has 108 valence electrons. The fourth-order valence-corrected chi connectivity index (χ4v) is 2.15. The minimum Gasteiger partial charge on any atom is -0.496 e. The first-order valence-electron chi connectivity index (χ1n) is 5.70. The Morgan fingerprint density at radius 1 is 1.00 bits per heavy atom. The molecule has 0 bridgehead atoms. The minimum absolute atomic E-state index is 0.0941. The van der Waals surface area contributed by atoms with Crippen LogP contribution in [0.5, 0.6) is 17.2 Å². The second-order valence-corrected chi connectivity index (χ2v) is 3.93. The molecule has 2 rings (SSSR count). The van der Waals surface area contributed by atoms with Crippen LogP contribution in [0.3, 0.4) is 0 Å². The Morgan fingerprint density at radius 2 is 1.65 bits per heavy atom. The van der Waals surface area contributed by atoms with E-state index in [2.05, 4.69) is 4.74 Å². The lowest BCUT2D eigenvalue weighted by Gasteiger charge is -2.26. The Labute approximate surface area is 115 Å². The van der Waals surface area contributed by atoms with Crippen molar-refractivity contribution in [3.8, 4) is 17.2 Å².